The molecule has 8 nitrogen and oxygen atoms in total. The topological polar surface area (TPSA) is 116 Å². The van der Waals surface area contributed by atoms with Crippen LogP contribution < -0.4 is 16.6 Å². The highest BCUT2D eigenvalue weighted by Gasteiger charge is 2.33. The SMILES string of the molecule is CCN1CC(C)(C)CN(Cc2cc(C(c3ccc(N(C)N)c(N)c3C)C(C)(C)C)ccc2C)CC1=O.O=CO. The van der Waals surface area contributed by atoms with Gasteiger partial charge in [0.1, 0.15) is 0 Å². The standard InChI is InChI=1S/C30H47N5O.CH2O2/c1-10-35-19-30(7,8)18-34(17-26(35)36)16-23-15-22(12-11-20(23)2)27(29(4,5)6)24-13-14-25(33(9)32)28(31)21(24)3;2-1-3/h11-15,27H,10,16-19,31-32H2,1-9H3;1H,(H,2,3). The zero-order valence-electron chi connectivity index (χ0n) is 25.3. The smallest absolute Gasteiger partial charge is 0.290 e. The van der Waals surface area contributed by atoms with Crippen molar-refractivity contribution in [3.63, 3.8) is 0 Å². The number of hydrogen-bond acceptors (Lipinski definition) is 6. The van der Waals surface area contributed by atoms with Crippen molar-refractivity contribution in [2.45, 2.75) is 67.9 Å². The lowest BCUT2D eigenvalue weighted by Gasteiger charge is -2.34. The van der Waals surface area contributed by atoms with Gasteiger partial charge in [-0.05, 0) is 65.5 Å². The lowest BCUT2D eigenvalue weighted by atomic mass is 9.71. The normalized spacial score (nSPS) is 16.7. The molecule has 2 aromatic carbocycles. The zero-order chi connectivity index (χ0) is 29.7. The molecule has 0 saturated carbocycles. The van der Waals surface area contributed by atoms with E-state index in [9.17, 15) is 4.79 Å². The summed E-state index contributed by atoms with van der Waals surface area (Å²) in [7, 11) is 1.81. The van der Waals surface area contributed by atoms with Gasteiger partial charge in [0.05, 0.1) is 17.9 Å². The number of nitrogens with two attached hydrogens (primary N) is 2. The molecule has 1 aliphatic heterocycles. The van der Waals surface area contributed by atoms with Crippen LogP contribution in [0.2, 0.25) is 0 Å². The number of hydrogen-bond donors (Lipinski definition) is 3. The Kier molecular flexibility index (Phi) is 10.6. The minimum atomic E-state index is -0.250. The first-order chi connectivity index (χ1) is 18.1. The number of carbonyl (C=O) groups is 2. The molecule has 2 aromatic rings. The summed E-state index contributed by atoms with van der Waals surface area (Å²) in [6, 6.07) is 11.0. The number of carboxylic acid groups (broad SMARTS) is 1. The van der Waals surface area contributed by atoms with E-state index in [1.54, 1.807) is 5.01 Å². The second-order valence-corrected chi connectivity index (χ2v) is 12.6. The number of benzene rings is 2. The summed E-state index contributed by atoms with van der Waals surface area (Å²) in [6.45, 7) is 21.1. The summed E-state index contributed by atoms with van der Waals surface area (Å²) in [4.78, 5) is 25.6. The van der Waals surface area contributed by atoms with E-state index < -0.39 is 0 Å². The van der Waals surface area contributed by atoms with Gasteiger partial charge in [-0.25, -0.2) is 5.84 Å². The van der Waals surface area contributed by atoms with Gasteiger partial charge in [0.2, 0.25) is 5.91 Å². The summed E-state index contributed by atoms with van der Waals surface area (Å²) >= 11 is 0. The fraction of sp³-hybridized carbons (Fsp3) is 0.548. The summed E-state index contributed by atoms with van der Waals surface area (Å²) in [5.74, 6) is 6.39. The number of carbonyl (C=O) groups excluding carboxylic acids is 1. The van der Waals surface area contributed by atoms with Gasteiger partial charge in [0.25, 0.3) is 6.47 Å². The number of likely N-dealkylation sites (N-methyl/N-ethyl adjacent to an activating group) is 1. The van der Waals surface area contributed by atoms with Gasteiger partial charge in [-0.2, -0.15) is 0 Å². The first-order valence-electron chi connectivity index (χ1n) is 13.6. The minimum Gasteiger partial charge on any atom is -0.483 e. The Morgan fingerprint density at radius 2 is 1.77 bits per heavy atom. The maximum Gasteiger partial charge on any atom is 0.290 e. The van der Waals surface area contributed by atoms with Crippen LogP contribution in [0.3, 0.4) is 0 Å². The summed E-state index contributed by atoms with van der Waals surface area (Å²) < 4.78 is 0. The zero-order valence-corrected chi connectivity index (χ0v) is 25.3. The molecule has 0 radical (unpaired) electrons. The number of nitrogens with zero attached hydrogens (tertiary/aromatic N) is 3. The molecule has 8 heteroatoms. The van der Waals surface area contributed by atoms with E-state index in [0.717, 1.165) is 43.1 Å². The van der Waals surface area contributed by atoms with Crippen molar-refractivity contribution >= 4 is 23.8 Å². The fourth-order valence-corrected chi connectivity index (χ4v) is 5.79. The average molecular weight is 540 g/mol. The van der Waals surface area contributed by atoms with E-state index >= 15 is 0 Å². The third-order valence-electron chi connectivity index (χ3n) is 7.56. The second-order valence-electron chi connectivity index (χ2n) is 12.6. The first kappa shape index (κ1) is 32.1. The van der Waals surface area contributed by atoms with E-state index in [1.165, 1.54) is 22.3 Å². The minimum absolute atomic E-state index is 0.0257. The van der Waals surface area contributed by atoms with Crippen molar-refractivity contribution in [3.8, 4) is 0 Å². The molecule has 1 aliphatic rings. The van der Waals surface area contributed by atoms with Crippen LogP contribution in [0.15, 0.2) is 30.3 Å². The van der Waals surface area contributed by atoms with Gasteiger partial charge in [0, 0.05) is 39.1 Å². The predicted molar refractivity (Wildman–Crippen MR) is 161 cm³/mol. The highest BCUT2D eigenvalue weighted by Crippen LogP contribution is 2.44. The van der Waals surface area contributed by atoms with Crippen molar-refractivity contribution in [2.24, 2.45) is 16.7 Å². The molecule has 0 aliphatic carbocycles. The van der Waals surface area contributed by atoms with Crippen LogP contribution in [-0.2, 0) is 16.1 Å². The Bertz CT molecular complexity index is 1150. The van der Waals surface area contributed by atoms with Crippen LogP contribution >= 0.6 is 0 Å². The van der Waals surface area contributed by atoms with E-state index in [1.807, 2.05) is 18.0 Å². The van der Waals surface area contributed by atoms with Crippen molar-refractivity contribution in [1.29, 1.82) is 0 Å². The Morgan fingerprint density at radius 1 is 1.15 bits per heavy atom. The number of hydrazine groups is 1. The molecule has 1 atom stereocenters. The van der Waals surface area contributed by atoms with E-state index in [-0.39, 0.29) is 29.1 Å². The third-order valence-corrected chi connectivity index (χ3v) is 7.56. The van der Waals surface area contributed by atoms with Crippen molar-refractivity contribution in [2.75, 3.05) is 44.0 Å². The highest BCUT2D eigenvalue weighted by atomic mass is 16.3. The molecule has 1 saturated heterocycles. The van der Waals surface area contributed by atoms with Crippen LogP contribution in [0.5, 0.6) is 0 Å². The lowest BCUT2D eigenvalue weighted by Crippen LogP contribution is -2.37. The number of aryl methyl sites for hydroxylation is 1. The summed E-state index contributed by atoms with van der Waals surface area (Å²) in [5, 5.41) is 8.46. The molecular formula is C31H49N5O3. The van der Waals surface area contributed by atoms with Crippen LogP contribution in [0.1, 0.15) is 75.3 Å². The van der Waals surface area contributed by atoms with Crippen molar-refractivity contribution in [3.05, 3.63) is 58.1 Å². The Labute approximate surface area is 234 Å². The first-order valence-corrected chi connectivity index (χ1v) is 13.6. The third kappa shape index (κ3) is 7.96. The molecule has 1 heterocycles. The summed E-state index contributed by atoms with van der Waals surface area (Å²) in [5.41, 5.74) is 14.2. The molecule has 1 fully saturated rings. The van der Waals surface area contributed by atoms with Gasteiger partial charge in [-0.15, -0.1) is 0 Å². The van der Waals surface area contributed by atoms with Crippen LogP contribution in [-0.4, -0.2) is 60.5 Å². The quantitative estimate of drug-likeness (QED) is 0.210. The van der Waals surface area contributed by atoms with Crippen LogP contribution in [0, 0.1) is 24.7 Å². The Balaban J connectivity index is 0.00000170. The number of amides is 1. The van der Waals surface area contributed by atoms with E-state index in [2.05, 4.69) is 84.6 Å². The molecule has 39 heavy (non-hydrogen) atoms. The second kappa shape index (κ2) is 12.8. The van der Waals surface area contributed by atoms with Gasteiger partial charge in [-0.1, -0.05) is 58.9 Å². The number of anilines is 2. The van der Waals surface area contributed by atoms with Crippen LogP contribution in [0.4, 0.5) is 11.4 Å². The summed E-state index contributed by atoms with van der Waals surface area (Å²) in [6.07, 6.45) is 0. The molecule has 0 aromatic heterocycles. The fourth-order valence-electron chi connectivity index (χ4n) is 5.79. The molecule has 1 unspecified atom stereocenters. The van der Waals surface area contributed by atoms with Crippen LogP contribution in [0.25, 0.3) is 0 Å². The molecule has 216 valence electrons. The maximum absolute atomic E-state index is 12.9. The Morgan fingerprint density at radius 3 is 2.31 bits per heavy atom. The van der Waals surface area contributed by atoms with Crippen molar-refractivity contribution < 1.29 is 14.7 Å². The molecule has 5 N–H and O–H groups in total. The Hall–Kier alpha value is -3.10. The van der Waals surface area contributed by atoms with Crippen molar-refractivity contribution in [1.82, 2.24) is 9.80 Å². The van der Waals surface area contributed by atoms with Gasteiger partial charge in [-0.3, -0.25) is 14.5 Å². The van der Waals surface area contributed by atoms with E-state index in [4.69, 9.17) is 21.5 Å². The van der Waals surface area contributed by atoms with Gasteiger partial charge < -0.3 is 20.7 Å². The molecule has 1 amide bonds. The highest BCUT2D eigenvalue weighted by molar-refractivity contribution is 5.78. The molecule has 0 bridgehead atoms. The monoisotopic (exact) mass is 539 g/mol. The lowest BCUT2D eigenvalue weighted by molar-refractivity contribution is -0.131. The molecule has 0 spiro atoms. The maximum atomic E-state index is 12.9. The van der Waals surface area contributed by atoms with E-state index in [0.29, 0.717) is 6.54 Å². The predicted octanol–water partition coefficient (Wildman–Crippen LogP) is 4.76. The number of rotatable bonds is 6. The van der Waals surface area contributed by atoms with Gasteiger partial charge >= 0.3 is 0 Å². The average Bonchev–Trinajstić information content (AvgIpc) is 2.92. The largest absolute Gasteiger partial charge is 0.483 e. The number of nitrogen functional groups attached to an aromatic ring is 1. The molecular weight excluding hydrogens is 490 g/mol. The van der Waals surface area contributed by atoms with Gasteiger partial charge in [0.15, 0.2) is 0 Å². The molecule has 3 rings (SSSR count).